The highest BCUT2D eigenvalue weighted by Crippen LogP contribution is 1.95. The molecule has 1 aromatic rings. The largest absolute Gasteiger partial charge is 0.307 e. The average molecular weight is 200 g/mol. The fourth-order valence-electron chi connectivity index (χ4n) is 0.984. The van der Waals surface area contributed by atoms with Crippen LogP contribution in [0.4, 0.5) is 0 Å². The number of hydrogen-bond donors (Lipinski definition) is 1. The molecule has 1 rings (SSSR count). The summed E-state index contributed by atoms with van der Waals surface area (Å²) in [5.74, 6) is 0. The zero-order valence-electron chi connectivity index (χ0n) is 7.92. The summed E-state index contributed by atoms with van der Waals surface area (Å²) in [7, 11) is 1.91. The van der Waals surface area contributed by atoms with Gasteiger partial charge in [-0.2, -0.15) is 5.10 Å². The second-order valence-corrected chi connectivity index (χ2v) is 3.26. The molecule has 0 saturated carbocycles. The van der Waals surface area contributed by atoms with Crippen LogP contribution in [0.2, 0.25) is 0 Å². The molecule has 0 aromatic carbocycles. The van der Waals surface area contributed by atoms with E-state index < -0.39 is 0 Å². The number of nitrogens with one attached hydrogen (secondary N) is 1. The van der Waals surface area contributed by atoms with Gasteiger partial charge in [-0.05, 0) is 18.6 Å². The normalized spacial score (nSPS) is 12.1. The maximum atomic E-state index is 5.52. The molecule has 0 aliphatic rings. The van der Waals surface area contributed by atoms with Gasteiger partial charge in [0.1, 0.15) is 0 Å². The summed E-state index contributed by atoms with van der Waals surface area (Å²) in [6.45, 7) is 3.57. The SMILES string of the molecule is C/C(=C/Cl)CNCc1ccn(C)n1. The molecular weight excluding hydrogens is 186 g/mol. The molecule has 0 saturated heterocycles. The van der Waals surface area contributed by atoms with Crippen molar-refractivity contribution in [3.63, 3.8) is 0 Å². The van der Waals surface area contributed by atoms with Crippen molar-refractivity contribution >= 4 is 11.6 Å². The molecule has 72 valence electrons. The fourth-order valence-corrected chi connectivity index (χ4v) is 1.06. The Kier molecular flexibility index (Phi) is 3.99. The molecule has 0 aliphatic heterocycles. The molecule has 1 heterocycles. The molecule has 0 radical (unpaired) electrons. The molecular formula is C9H14ClN3. The van der Waals surface area contributed by atoms with E-state index in [0.717, 1.165) is 24.4 Å². The van der Waals surface area contributed by atoms with Crippen molar-refractivity contribution in [2.75, 3.05) is 6.54 Å². The first kappa shape index (κ1) is 10.3. The van der Waals surface area contributed by atoms with Crippen LogP contribution in [0.15, 0.2) is 23.4 Å². The Balaban J connectivity index is 2.28. The molecule has 3 nitrogen and oxygen atoms in total. The zero-order chi connectivity index (χ0) is 9.68. The minimum Gasteiger partial charge on any atom is -0.307 e. The molecule has 0 atom stereocenters. The molecule has 0 fully saturated rings. The maximum absolute atomic E-state index is 5.52. The van der Waals surface area contributed by atoms with E-state index in [9.17, 15) is 0 Å². The Morgan fingerprint density at radius 1 is 1.77 bits per heavy atom. The Labute approximate surface area is 83.4 Å². The summed E-state index contributed by atoms with van der Waals surface area (Å²) in [5.41, 5.74) is 3.76. The van der Waals surface area contributed by atoms with Gasteiger partial charge in [0.25, 0.3) is 0 Å². The Morgan fingerprint density at radius 2 is 2.54 bits per heavy atom. The van der Waals surface area contributed by atoms with Crippen LogP contribution in [0.3, 0.4) is 0 Å². The second-order valence-electron chi connectivity index (χ2n) is 3.04. The summed E-state index contributed by atoms with van der Waals surface area (Å²) in [6, 6.07) is 1.99. The third-order valence-corrected chi connectivity index (χ3v) is 2.04. The summed E-state index contributed by atoms with van der Waals surface area (Å²) in [5, 5.41) is 7.47. The van der Waals surface area contributed by atoms with Gasteiger partial charge in [-0.3, -0.25) is 4.68 Å². The Bertz CT molecular complexity index is 291. The number of hydrogen-bond acceptors (Lipinski definition) is 2. The van der Waals surface area contributed by atoms with Crippen molar-refractivity contribution in [2.45, 2.75) is 13.5 Å². The zero-order valence-corrected chi connectivity index (χ0v) is 8.67. The summed E-state index contributed by atoms with van der Waals surface area (Å²) >= 11 is 5.52. The number of halogens is 1. The third-order valence-electron chi connectivity index (χ3n) is 1.67. The van der Waals surface area contributed by atoms with Crippen LogP contribution in [-0.2, 0) is 13.6 Å². The summed E-state index contributed by atoms with van der Waals surface area (Å²) in [4.78, 5) is 0. The fraction of sp³-hybridized carbons (Fsp3) is 0.444. The van der Waals surface area contributed by atoms with Crippen LogP contribution < -0.4 is 5.32 Å². The van der Waals surface area contributed by atoms with Gasteiger partial charge in [0.2, 0.25) is 0 Å². The van der Waals surface area contributed by atoms with Crippen molar-refractivity contribution in [1.29, 1.82) is 0 Å². The van der Waals surface area contributed by atoms with Gasteiger partial charge in [-0.25, -0.2) is 0 Å². The van der Waals surface area contributed by atoms with Crippen LogP contribution in [0, 0.1) is 0 Å². The molecule has 0 spiro atoms. The smallest absolute Gasteiger partial charge is 0.0762 e. The highest BCUT2D eigenvalue weighted by atomic mass is 35.5. The first-order valence-electron chi connectivity index (χ1n) is 4.17. The average Bonchev–Trinajstić information content (AvgIpc) is 2.51. The quantitative estimate of drug-likeness (QED) is 0.800. The van der Waals surface area contributed by atoms with E-state index in [1.807, 2.05) is 26.2 Å². The number of nitrogens with zero attached hydrogens (tertiary/aromatic N) is 2. The molecule has 4 heteroatoms. The van der Waals surface area contributed by atoms with Crippen molar-refractivity contribution in [3.05, 3.63) is 29.1 Å². The van der Waals surface area contributed by atoms with E-state index in [-0.39, 0.29) is 0 Å². The van der Waals surface area contributed by atoms with E-state index in [4.69, 9.17) is 11.6 Å². The van der Waals surface area contributed by atoms with Gasteiger partial charge in [-0.1, -0.05) is 11.6 Å². The predicted octanol–water partition coefficient (Wildman–Crippen LogP) is 1.65. The van der Waals surface area contributed by atoms with E-state index >= 15 is 0 Å². The Hall–Kier alpha value is -0.800. The van der Waals surface area contributed by atoms with Crippen LogP contribution in [0.5, 0.6) is 0 Å². The predicted molar refractivity (Wildman–Crippen MR) is 54.5 cm³/mol. The molecule has 13 heavy (non-hydrogen) atoms. The molecule has 0 aliphatic carbocycles. The molecule has 1 aromatic heterocycles. The summed E-state index contributed by atoms with van der Waals surface area (Å²) < 4.78 is 1.79. The van der Waals surface area contributed by atoms with E-state index in [0.29, 0.717) is 0 Å². The molecule has 1 N–H and O–H groups in total. The summed E-state index contributed by atoms with van der Waals surface area (Å²) in [6.07, 6.45) is 1.93. The first-order chi connectivity index (χ1) is 6.22. The minimum absolute atomic E-state index is 0.781. The first-order valence-corrected chi connectivity index (χ1v) is 4.61. The van der Waals surface area contributed by atoms with Crippen LogP contribution >= 0.6 is 11.6 Å². The van der Waals surface area contributed by atoms with Gasteiger partial charge in [0.05, 0.1) is 5.69 Å². The third kappa shape index (κ3) is 3.61. The lowest BCUT2D eigenvalue weighted by Crippen LogP contribution is -2.15. The minimum atomic E-state index is 0.781. The molecule has 0 unspecified atom stereocenters. The highest BCUT2D eigenvalue weighted by Gasteiger charge is 1.95. The van der Waals surface area contributed by atoms with Crippen LogP contribution in [0.25, 0.3) is 0 Å². The van der Waals surface area contributed by atoms with Gasteiger partial charge in [0.15, 0.2) is 0 Å². The standard InChI is InChI=1S/C9H14ClN3/c1-8(5-10)6-11-7-9-3-4-13(2)12-9/h3-5,11H,6-7H2,1-2H3/b8-5-. The van der Waals surface area contributed by atoms with Crippen molar-refractivity contribution in [2.24, 2.45) is 7.05 Å². The molecule has 0 amide bonds. The number of rotatable bonds is 4. The van der Waals surface area contributed by atoms with Crippen LogP contribution in [0.1, 0.15) is 12.6 Å². The van der Waals surface area contributed by atoms with E-state index in [1.54, 1.807) is 10.2 Å². The van der Waals surface area contributed by atoms with Gasteiger partial charge < -0.3 is 5.32 Å². The lowest BCUT2D eigenvalue weighted by molar-refractivity contribution is 0.684. The van der Waals surface area contributed by atoms with Gasteiger partial charge >= 0.3 is 0 Å². The lowest BCUT2D eigenvalue weighted by Gasteiger charge is -2.01. The monoisotopic (exact) mass is 199 g/mol. The van der Waals surface area contributed by atoms with Gasteiger partial charge in [0, 0.05) is 31.9 Å². The van der Waals surface area contributed by atoms with Crippen molar-refractivity contribution < 1.29 is 0 Å². The number of aromatic nitrogens is 2. The van der Waals surface area contributed by atoms with Gasteiger partial charge in [-0.15, -0.1) is 0 Å². The van der Waals surface area contributed by atoms with E-state index in [2.05, 4.69) is 10.4 Å². The van der Waals surface area contributed by atoms with Crippen LogP contribution in [-0.4, -0.2) is 16.3 Å². The topological polar surface area (TPSA) is 29.9 Å². The second kappa shape index (κ2) is 5.04. The maximum Gasteiger partial charge on any atom is 0.0762 e. The van der Waals surface area contributed by atoms with Crippen molar-refractivity contribution in [1.82, 2.24) is 15.1 Å². The Morgan fingerprint density at radius 3 is 3.08 bits per heavy atom. The van der Waals surface area contributed by atoms with E-state index in [1.165, 1.54) is 0 Å². The highest BCUT2D eigenvalue weighted by molar-refractivity contribution is 6.25. The molecule has 0 bridgehead atoms. The number of aryl methyl sites for hydroxylation is 1. The van der Waals surface area contributed by atoms with Crippen molar-refractivity contribution in [3.8, 4) is 0 Å². The lowest BCUT2D eigenvalue weighted by atomic mass is 10.3.